The maximum absolute atomic E-state index is 12.3. The minimum Gasteiger partial charge on any atom is -0.325 e. The molecule has 0 aliphatic carbocycles. The molecule has 0 unspecified atom stereocenters. The number of rotatable bonds is 4. The third kappa shape index (κ3) is 4.28. The van der Waals surface area contributed by atoms with Gasteiger partial charge in [0.15, 0.2) is 0 Å². The molecule has 0 radical (unpaired) electrons. The third-order valence-electron chi connectivity index (χ3n) is 3.68. The van der Waals surface area contributed by atoms with Gasteiger partial charge in [-0.25, -0.2) is 0 Å². The lowest BCUT2D eigenvalue weighted by molar-refractivity contribution is -0.120. The molecular weight excluding hydrogens is 347 g/mol. The number of carbonyl (C=O) groups is 2. The maximum Gasteiger partial charge on any atom is 0.244 e. The Balaban J connectivity index is 2.20. The van der Waals surface area contributed by atoms with E-state index < -0.39 is 0 Å². The molecule has 0 fully saturated rings. The van der Waals surface area contributed by atoms with Gasteiger partial charge in [-0.05, 0) is 49.2 Å². The molecule has 0 atom stereocenters. The quantitative estimate of drug-likeness (QED) is 0.861. The van der Waals surface area contributed by atoms with Gasteiger partial charge in [-0.1, -0.05) is 35.3 Å². The average Bonchev–Trinajstić information content (AvgIpc) is 2.49. The lowest BCUT2D eigenvalue weighted by Crippen LogP contribution is -2.37. The summed E-state index contributed by atoms with van der Waals surface area (Å²) >= 11 is 12.3. The Labute approximate surface area is 151 Å². The first-order valence-corrected chi connectivity index (χ1v) is 8.14. The summed E-state index contributed by atoms with van der Waals surface area (Å²) in [6.07, 6.45) is 0. The first kappa shape index (κ1) is 18.3. The second kappa shape index (κ2) is 7.69. The van der Waals surface area contributed by atoms with Crippen LogP contribution < -0.4 is 10.2 Å². The summed E-state index contributed by atoms with van der Waals surface area (Å²) in [6.45, 7) is 5.16. The first-order valence-electron chi connectivity index (χ1n) is 7.39. The van der Waals surface area contributed by atoms with Crippen molar-refractivity contribution in [1.29, 1.82) is 0 Å². The highest BCUT2D eigenvalue weighted by atomic mass is 35.5. The molecule has 0 saturated heterocycles. The van der Waals surface area contributed by atoms with Gasteiger partial charge in [-0.2, -0.15) is 0 Å². The van der Waals surface area contributed by atoms with Crippen molar-refractivity contribution in [2.45, 2.75) is 20.8 Å². The van der Waals surface area contributed by atoms with Crippen LogP contribution in [0, 0.1) is 13.8 Å². The van der Waals surface area contributed by atoms with Crippen LogP contribution in [-0.2, 0) is 9.59 Å². The number of amides is 2. The molecule has 24 heavy (non-hydrogen) atoms. The van der Waals surface area contributed by atoms with Crippen molar-refractivity contribution >= 4 is 46.4 Å². The number of benzene rings is 2. The van der Waals surface area contributed by atoms with Crippen molar-refractivity contribution in [3.63, 3.8) is 0 Å². The summed E-state index contributed by atoms with van der Waals surface area (Å²) in [4.78, 5) is 25.6. The molecule has 0 spiro atoms. The normalized spacial score (nSPS) is 10.4. The van der Waals surface area contributed by atoms with E-state index in [1.807, 2.05) is 32.0 Å². The van der Waals surface area contributed by atoms with Crippen molar-refractivity contribution in [3.8, 4) is 0 Å². The smallest absolute Gasteiger partial charge is 0.244 e. The van der Waals surface area contributed by atoms with Crippen LogP contribution in [0.4, 0.5) is 11.4 Å². The number of aryl methyl sites for hydroxylation is 2. The highest BCUT2D eigenvalue weighted by Crippen LogP contribution is 2.33. The van der Waals surface area contributed by atoms with Crippen molar-refractivity contribution < 1.29 is 9.59 Å². The second-order valence-corrected chi connectivity index (χ2v) is 6.34. The zero-order chi connectivity index (χ0) is 17.9. The van der Waals surface area contributed by atoms with Crippen molar-refractivity contribution in [2.24, 2.45) is 0 Å². The number of nitrogens with one attached hydrogen (secondary N) is 1. The Morgan fingerprint density at radius 2 is 1.67 bits per heavy atom. The summed E-state index contributed by atoms with van der Waals surface area (Å²) in [5.41, 5.74) is 3.23. The zero-order valence-electron chi connectivity index (χ0n) is 13.7. The largest absolute Gasteiger partial charge is 0.325 e. The van der Waals surface area contributed by atoms with E-state index in [2.05, 4.69) is 5.32 Å². The molecule has 2 rings (SSSR count). The second-order valence-electron chi connectivity index (χ2n) is 5.52. The Morgan fingerprint density at radius 3 is 2.21 bits per heavy atom. The lowest BCUT2D eigenvalue weighted by atomic mass is 10.1. The number of carbonyl (C=O) groups excluding carboxylic acids is 2. The molecule has 4 nitrogen and oxygen atoms in total. The highest BCUT2D eigenvalue weighted by molar-refractivity contribution is 6.40. The van der Waals surface area contributed by atoms with Gasteiger partial charge in [-0.15, -0.1) is 0 Å². The number of anilines is 2. The summed E-state index contributed by atoms with van der Waals surface area (Å²) < 4.78 is 0. The van der Waals surface area contributed by atoms with E-state index >= 15 is 0 Å². The molecule has 0 aliphatic rings. The van der Waals surface area contributed by atoms with Gasteiger partial charge in [0.05, 0.1) is 15.7 Å². The van der Waals surface area contributed by atoms with E-state index in [1.165, 1.54) is 11.8 Å². The van der Waals surface area contributed by atoms with E-state index in [9.17, 15) is 9.59 Å². The van der Waals surface area contributed by atoms with Crippen molar-refractivity contribution in [3.05, 3.63) is 57.6 Å². The number of hydrogen-bond donors (Lipinski definition) is 1. The first-order chi connectivity index (χ1) is 11.3. The topological polar surface area (TPSA) is 49.4 Å². The van der Waals surface area contributed by atoms with Crippen LogP contribution in [0.1, 0.15) is 18.1 Å². The van der Waals surface area contributed by atoms with Crippen LogP contribution in [0.25, 0.3) is 0 Å². The Kier molecular flexibility index (Phi) is 5.86. The molecule has 126 valence electrons. The molecule has 1 N–H and O–H groups in total. The monoisotopic (exact) mass is 364 g/mol. The number of para-hydroxylation sites is 1. The third-order valence-corrected chi connectivity index (χ3v) is 4.29. The van der Waals surface area contributed by atoms with Gasteiger partial charge in [0.25, 0.3) is 0 Å². The SMILES string of the molecule is CC(=O)N(CC(=O)Nc1ccc(C)c(C)c1)c1c(Cl)cccc1Cl. The van der Waals surface area contributed by atoms with E-state index in [0.717, 1.165) is 11.1 Å². The Hall–Kier alpha value is -2.04. The molecule has 0 saturated carbocycles. The van der Waals surface area contributed by atoms with Crippen LogP contribution in [0.3, 0.4) is 0 Å². The summed E-state index contributed by atoms with van der Waals surface area (Å²) in [6, 6.07) is 10.6. The molecule has 0 bridgehead atoms. The summed E-state index contributed by atoms with van der Waals surface area (Å²) in [5, 5.41) is 3.42. The predicted molar refractivity (Wildman–Crippen MR) is 99.0 cm³/mol. The number of nitrogens with zero attached hydrogens (tertiary/aromatic N) is 1. The van der Waals surface area contributed by atoms with Crippen LogP contribution in [-0.4, -0.2) is 18.4 Å². The molecule has 2 aromatic carbocycles. The minimum absolute atomic E-state index is 0.175. The molecule has 2 aromatic rings. The van der Waals surface area contributed by atoms with Crippen molar-refractivity contribution in [1.82, 2.24) is 0 Å². The molecule has 6 heteroatoms. The van der Waals surface area contributed by atoms with Crippen LogP contribution in [0.15, 0.2) is 36.4 Å². The van der Waals surface area contributed by atoms with Crippen LogP contribution >= 0.6 is 23.2 Å². The summed E-state index contributed by atoms with van der Waals surface area (Å²) in [7, 11) is 0. The van der Waals surface area contributed by atoms with Crippen LogP contribution in [0.2, 0.25) is 10.0 Å². The highest BCUT2D eigenvalue weighted by Gasteiger charge is 2.21. The molecule has 0 heterocycles. The number of halogens is 2. The summed E-state index contributed by atoms with van der Waals surface area (Å²) in [5.74, 6) is -0.648. The van der Waals surface area contributed by atoms with Gasteiger partial charge in [0.2, 0.25) is 11.8 Å². The fourth-order valence-corrected chi connectivity index (χ4v) is 2.86. The van der Waals surface area contributed by atoms with Gasteiger partial charge >= 0.3 is 0 Å². The standard InChI is InChI=1S/C18H18Cl2N2O2/c1-11-7-8-14(9-12(11)2)21-17(24)10-22(13(3)23)18-15(19)5-4-6-16(18)20/h4-9H,10H2,1-3H3,(H,21,24). The fraction of sp³-hybridized carbons (Fsp3) is 0.222. The predicted octanol–water partition coefficient (Wildman–Crippen LogP) is 4.60. The van der Waals surface area contributed by atoms with E-state index in [-0.39, 0.29) is 18.4 Å². The minimum atomic E-state index is -0.329. The van der Waals surface area contributed by atoms with Crippen LogP contribution in [0.5, 0.6) is 0 Å². The van der Waals surface area contributed by atoms with Gasteiger partial charge < -0.3 is 10.2 Å². The van der Waals surface area contributed by atoms with Gasteiger partial charge in [-0.3, -0.25) is 9.59 Å². The Morgan fingerprint density at radius 1 is 1.04 bits per heavy atom. The zero-order valence-corrected chi connectivity index (χ0v) is 15.2. The molecule has 0 aromatic heterocycles. The number of hydrogen-bond acceptors (Lipinski definition) is 2. The van der Waals surface area contributed by atoms with E-state index in [0.29, 0.717) is 21.4 Å². The van der Waals surface area contributed by atoms with Gasteiger partial charge in [0, 0.05) is 12.6 Å². The van der Waals surface area contributed by atoms with E-state index in [4.69, 9.17) is 23.2 Å². The molecule has 2 amide bonds. The van der Waals surface area contributed by atoms with Gasteiger partial charge in [0.1, 0.15) is 6.54 Å². The average molecular weight is 365 g/mol. The molecule has 0 aliphatic heterocycles. The molecular formula is C18H18Cl2N2O2. The van der Waals surface area contributed by atoms with Crippen molar-refractivity contribution in [2.75, 3.05) is 16.8 Å². The fourth-order valence-electron chi connectivity index (χ4n) is 2.26. The Bertz CT molecular complexity index is 770. The maximum atomic E-state index is 12.3. The van der Waals surface area contributed by atoms with E-state index in [1.54, 1.807) is 18.2 Å². The lowest BCUT2D eigenvalue weighted by Gasteiger charge is -2.23.